The Bertz CT molecular complexity index is 1430. The van der Waals surface area contributed by atoms with Crippen molar-refractivity contribution >= 4 is 16.9 Å². The zero-order chi connectivity index (χ0) is 23.3. The molecular weight excluding hydrogens is 418 g/mol. The summed E-state index contributed by atoms with van der Waals surface area (Å²) < 4.78 is 3.32. The Balaban J connectivity index is 1.39. The van der Waals surface area contributed by atoms with Crippen LogP contribution >= 0.6 is 0 Å². The maximum atomic E-state index is 13.0. The van der Waals surface area contributed by atoms with Gasteiger partial charge in [0.05, 0.1) is 22.7 Å². The summed E-state index contributed by atoms with van der Waals surface area (Å²) in [5.74, 6) is 0.477. The third-order valence-electron chi connectivity index (χ3n) is 6.28. The molecule has 0 radical (unpaired) electrons. The van der Waals surface area contributed by atoms with E-state index in [0.717, 1.165) is 29.4 Å². The Kier molecular flexibility index (Phi) is 4.84. The molecule has 1 amide bonds. The highest BCUT2D eigenvalue weighted by atomic mass is 16.2. The number of fused-ring (bicyclic) bond motifs is 1. The minimum Gasteiger partial charge on any atom is -0.340 e. The molecule has 4 aromatic rings. The van der Waals surface area contributed by atoms with Crippen molar-refractivity contribution in [3.05, 3.63) is 70.4 Å². The van der Waals surface area contributed by atoms with E-state index in [-0.39, 0.29) is 23.3 Å². The number of nitrogens with one attached hydrogen (secondary N) is 1. The fraction of sp³-hybridized carbons (Fsp3) is 0.333. The smallest absolute Gasteiger partial charge is 0.289 e. The van der Waals surface area contributed by atoms with E-state index in [1.54, 1.807) is 37.2 Å². The quantitative estimate of drug-likeness (QED) is 0.508. The summed E-state index contributed by atoms with van der Waals surface area (Å²) in [5, 5.41) is 8.25. The molecule has 9 nitrogen and oxygen atoms in total. The number of rotatable bonds is 5. The van der Waals surface area contributed by atoms with Gasteiger partial charge in [0.15, 0.2) is 5.65 Å². The van der Waals surface area contributed by atoms with E-state index >= 15 is 0 Å². The van der Waals surface area contributed by atoms with Crippen molar-refractivity contribution in [2.45, 2.75) is 45.2 Å². The highest BCUT2D eigenvalue weighted by Gasteiger charge is 2.46. The first-order valence-corrected chi connectivity index (χ1v) is 11.0. The summed E-state index contributed by atoms with van der Waals surface area (Å²) in [5.41, 5.74) is 2.45. The number of nitrogens with zero attached hydrogens (tertiary/aromatic N) is 6. The van der Waals surface area contributed by atoms with E-state index in [4.69, 9.17) is 0 Å². The van der Waals surface area contributed by atoms with Crippen LogP contribution in [0.3, 0.4) is 0 Å². The number of hydrogen-bond donors (Lipinski definition) is 1. The van der Waals surface area contributed by atoms with E-state index in [1.165, 1.54) is 4.57 Å². The van der Waals surface area contributed by atoms with Crippen LogP contribution in [0.5, 0.6) is 0 Å². The molecule has 3 heterocycles. The van der Waals surface area contributed by atoms with Crippen LogP contribution in [0.4, 0.5) is 0 Å². The van der Waals surface area contributed by atoms with Crippen LogP contribution in [0.2, 0.25) is 0 Å². The Morgan fingerprint density at radius 2 is 1.82 bits per heavy atom. The van der Waals surface area contributed by atoms with Gasteiger partial charge in [0, 0.05) is 25.5 Å². The summed E-state index contributed by atoms with van der Waals surface area (Å²) in [6, 6.07) is 7.85. The van der Waals surface area contributed by atoms with Gasteiger partial charge in [-0.15, -0.1) is 0 Å². The monoisotopic (exact) mass is 443 g/mol. The number of aryl methyl sites for hydroxylation is 1. The van der Waals surface area contributed by atoms with Crippen molar-refractivity contribution in [1.82, 2.24) is 34.6 Å². The lowest BCUT2D eigenvalue weighted by Crippen LogP contribution is -2.36. The second-order valence-electron chi connectivity index (χ2n) is 8.85. The minimum absolute atomic E-state index is 0.0853. The topological polar surface area (TPSA) is 108 Å². The van der Waals surface area contributed by atoms with Crippen LogP contribution in [-0.2, 0) is 12.6 Å². The number of aromatic nitrogens is 6. The van der Waals surface area contributed by atoms with Gasteiger partial charge in [-0.3, -0.25) is 14.2 Å². The number of hydrogen-bond acceptors (Lipinski definition) is 6. The molecule has 0 spiro atoms. The van der Waals surface area contributed by atoms with Gasteiger partial charge in [0.2, 0.25) is 5.82 Å². The maximum absolute atomic E-state index is 13.0. The van der Waals surface area contributed by atoms with Crippen molar-refractivity contribution in [2.75, 3.05) is 0 Å². The molecule has 5 rings (SSSR count). The molecule has 0 unspecified atom stereocenters. The minimum atomic E-state index is -0.442. The molecular formula is C24H25N7O2. The average Bonchev–Trinajstić information content (AvgIpc) is 3.46. The first-order chi connectivity index (χ1) is 15.8. The zero-order valence-corrected chi connectivity index (χ0v) is 19.0. The summed E-state index contributed by atoms with van der Waals surface area (Å²) in [7, 11) is 1.71. The molecule has 3 aromatic heterocycles. The van der Waals surface area contributed by atoms with Gasteiger partial charge in [-0.2, -0.15) is 5.10 Å². The van der Waals surface area contributed by atoms with Crippen LogP contribution < -0.4 is 10.9 Å². The molecule has 0 bridgehead atoms. The average molecular weight is 444 g/mol. The standard InChI is InChI=1S/C24H25N7O2/c1-14(2)31-21-17(12-27-31)11-26-20(28-21)22(32)29-24(9-10-24)18-7-5-16(6-8-18)19-13-25-15(3)30(4)23(19)33/h5-8,11-14H,9-10H2,1-4H3,(H,29,32). The summed E-state index contributed by atoms with van der Waals surface area (Å²) in [6.07, 6.45) is 6.61. The Morgan fingerprint density at radius 3 is 2.48 bits per heavy atom. The molecule has 1 saturated carbocycles. The van der Waals surface area contributed by atoms with E-state index < -0.39 is 5.54 Å². The van der Waals surface area contributed by atoms with Gasteiger partial charge in [0.25, 0.3) is 11.5 Å². The van der Waals surface area contributed by atoms with Crippen molar-refractivity contribution < 1.29 is 4.79 Å². The van der Waals surface area contributed by atoms with E-state index in [2.05, 4.69) is 25.4 Å². The van der Waals surface area contributed by atoms with E-state index in [9.17, 15) is 9.59 Å². The Labute approximate surface area is 190 Å². The Morgan fingerprint density at radius 1 is 1.09 bits per heavy atom. The van der Waals surface area contributed by atoms with Gasteiger partial charge in [-0.25, -0.2) is 19.6 Å². The van der Waals surface area contributed by atoms with E-state index in [1.807, 2.05) is 38.1 Å². The SMILES string of the molecule is Cc1ncc(-c2ccc(C3(NC(=O)c4ncc5cnn(C(C)C)c5n4)CC3)cc2)c(=O)n1C. The van der Waals surface area contributed by atoms with Crippen LogP contribution in [0.1, 0.15) is 54.7 Å². The van der Waals surface area contributed by atoms with Crippen LogP contribution in [0.25, 0.3) is 22.2 Å². The normalized spacial score (nSPS) is 14.6. The third kappa shape index (κ3) is 3.59. The van der Waals surface area contributed by atoms with Gasteiger partial charge in [0.1, 0.15) is 5.82 Å². The Hall–Kier alpha value is -3.88. The molecule has 9 heteroatoms. The molecule has 1 aromatic carbocycles. The first-order valence-electron chi connectivity index (χ1n) is 11.0. The third-order valence-corrected chi connectivity index (χ3v) is 6.28. The highest BCUT2D eigenvalue weighted by Crippen LogP contribution is 2.46. The molecule has 1 aliphatic carbocycles. The fourth-order valence-corrected chi connectivity index (χ4v) is 4.00. The lowest BCUT2D eigenvalue weighted by atomic mass is 10.0. The molecule has 33 heavy (non-hydrogen) atoms. The van der Waals surface area contributed by atoms with Crippen molar-refractivity contribution in [3.8, 4) is 11.1 Å². The highest BCUT2D eigenvalue weighted by molar-refractivity contribution is 5.93. The van der Waals surface area contributed by atoms with Gasteiger partial charge >= 0.3 is 0 Å². The summed E-state index contributed by atoms with van der Waals surface area (Å²) in [6.45, 7) is 5.82. The fourth-order valence-electron chi connectivity index (χ4n) is 4.00. The second kappa shape index (κ2) is 7.61. The number of carbonyl (C=O) groups excluding carboxylic acids is 1. The number of amides is 1. The van der Waals surface area contributed by atoms with Gasteiger partial charge < -0.3 is 5.32 Å². The largest absolute Gasteiger partial charge is 0.340 e. The van der Waals surface area contributed by atoms with Crippen molar-refractivity contribution in [2.24, 2.45) is 7.05 Å². The second-order valence-corrected chi connectivity index (χ2v) is 8.85. The molecule has 0 atom stereocenters. The summed E-state index contributed by atoms with van der Waals surface area (Å²) in [4.78, 5) is 38.6. The number of benzene rings is 1. The predicted molar refractivity (Wildman–Crippen MR) is 124 cm³/mol. The van der Waals surface area contributed by atoms with Gasteiger partial charge in [-0.1, -0.05) is 24.3 Å². The molecule has 168 valence electrons. The lowest BCUT2D eigenvalue weighted by molar-refractivity contribution is 0.0920. The molecule has 1 aliphatic rings. The first kappa shape index (κ1) is 21.0. The van der Waals surface area contributed by atoms with Crippen LogP contribution in [0, 0.1) is 6.92 Å². The van der Waals surface area contributed by atoms with Crippen molar-refractivity contribution in [3.63, 3.8) is 0 Å². The predicted octanol–water partition coefficient (Wildman–Crippen LogP) is 2.90. The molecule has 1 N–H and O–H groups in total. The van der Waals surface area contributed by atoms with Crippen LogP contribution in [0.15, 0.2) is 47.7 Å². The maximum Gasteiger partial charge on any atom is 0.289 e. The number of carbonyl (C=O) groups is 1. The molecule has 1 fully saturated rings. The molecule has 0 saturated heterocycles. The van der Waals surface area contributed by atoms with Crippen molar-refractivity contribution in [1.29, 1.82) is 0 Å². The molecule has 0 aliphatic heterocycles. The lowest BCUT2D eigenvalue weighted by Gasteiger charge is -2.18. The zero-order valence-electron chi connectivity index (χ0n) is 19.0. The summed E-state index contributed by atoms with van der Waals surface area (Å²) >= 11 is 0. The van der Waals surface area contributed by atoms with Crippen LogP contribution in [-0.4, -0.2) is 35.2 Å². The van der Waals surface area contributed by atoms with E-state index in [0.29, 0.717) is 17.0 Å². The van der Waals surface area contributed by atoms with Gasteiger partial charge in [-0.05, 0) is 44.7 Å².